The van der Waals surface area contributed by atoms with Gasteiger partial charge in [0.25, 0.3) is 0 Å². The molecule has 6 nitrogen and oxygen atoms in total. The van der Waals surface area contributed by atoms with Crippen LogP contribution in [0.1, 0.15) is 27.0 Å². The van der Waals surface area contributed by atoms with Gasteiger partial charge >= 0.3 is 5.97 Å². The number of carbonyl (C=O) groups excluding carboxylic acids is 2. The molecule has 0 amide bonds. The van der Waals surface area contributed by atoms with E-state index in [0.29, 0.717) is 22.6 Å². The molecule has 0 aromatic heterocycles. The van der Waals surface area contributed by atoms with Crippen LogP contribution < -0.4 is 9.47 Å². The molecule has 6 heteroatoms. The van der Waals surface area contributed by atoms with E-state index in [1.165, 1.54) is 7.11 Å². The predicted molar refractivity (Wildman–Crippen MR) is 121 cm³/mol. The number of esters is 1. The molecule has 32 heavy (non-hydrogen) atoms. The maximum Gasteiger partial charge on any atom is 0.363 e. The summed E-state index contributed by atoms with van der Waals surface area (Å²) in [6, 6.07) is 21.7. The monoisotopic (exact) mass is 427 g/mol. The molecule has 1 aliphatic heterocycles. The minimum Gasteiger partial charge on any atom is -0.493 e. The molecule has 0 N–H and O–H groups in total. The lowest BCUT2D eigenvalue weighted by molar-refractivity contribution is -0.129. The number of cyclic esters (lactones) is 1. The lowest BCUT2D eigenvalue weighted by Crippen LogP contribution is -2.11. The quantitative estimate of drug-likeness (QED) is 0.313. The van der Waals surface area contributed by atoms with Gasteiger partial charge in [0.1, 0.15) is 0 Å². The molecule has 160 valence electrons. The summed E-state index contributed by atoms with van der Waals surface area (Å²) in [5.41, 5.74) is 3.29. The van der Waals surface area contributed by atoms with Crippen LogP contribution in [0.5, 0.6) is 11.5 Å². The van der Waals surface area contributed by atoms with Gasteiger partial charge in [0.2, 0.25) is 5.90 Å². The summed E-state index contributed by atoms with van der Waals surface area (Å²) in [5, 5.41) is 0. The Morgan fingerprint density at radius 1 is 1.00 bits per heavy atom. The van der Waals surface area contributed by atoms with E-state index in [1.807, 2.05) is 37.3 Å². The Hall–Kier alpha value is -4.19. The second-order valence-corrected chi connectivity index (χ2v) is 7.19. The molecule has 0 atom stereocenters. The van der Waals surface area contributed by atoms with Crippen LogP contribution in [0, 0.1) is 6.92 Å². The molecule has 3 aromatic rings. The van der Waals surface area contributed by atoms with Gasteiger partial charge in [-0.25, -0.2) is 9.79 Å². The molecule has 3 aromatic carbocycles. The van der Waals surface area contributed by atoms with E-state index >= 15 is 0 Å². The number of carbonyl (C=O) groups is 2. The number of aryl methyl sites for hydroxylation is 1. The normalized spacial score (nSPS) is 14.1. The lowest BCUT2D eigenvalue weighted by atomic mass is 10.1. The second kappa shape index (κ2) is 9.31. The smallest absolute Gasteiger partial charge is 0.363 e. The molecule has 0 aliphatic carbocycles. The first-order valence-electron chi connectivity index (χ1n) is 10.0. The van der Waals surface area contributed by atoms with Crippen molar-refractivity contribution in [1.29, 1.82) is 0 Å². The highest BCUT2D eigenvalue weighted by Crippen LogP contribution is 2.30. The van der Waals surface area contributed by atoms with Crippen molar-refractivity contribution in [2.24, 2.45) is 4.99 Å². The van der Waals surface area contributed by atoms with Crippen LogP contribution in [0.25, 0.3) is 6.08 Å². The maximum atomic E-state index is 12.3. The zero-order valence-electron chi connectivity index (χ0n) is 17.7. The molecule has 0 fully saturated rings. The highest BCUT2D eigenvalue weighted by Gasteiger charge is 2.24. The van der Waals surface area contributed by atoms with Gasteiger partial charge in [0.15, 0.2) is 29.6 Å². The first kappa shape index (κ1) is 21.1. The summed E-state index contributed by atoms with van der Waals surface area (Å²) in [7, 11) is 1.51. The molecular formula is C26H21NO5. The maximum absolute atomic E-state index is 12.3. The minimum atomic E-state index is -0.520. The molecule has 0 bridgehead atoms. The summed E-state index contributed by atoms with van der Waals surface area (Å²) in [5.74, 6) is 0.484. The van der Waals surface area contributed by atoms with Crippen LogP contribution in [0.4, 0.5) is 0 Å². The van der Waals surface area contributed by atoms with E-state index in [-0.39, 0.29) is 24.0 Å². The fraction of sp³-hybridized carbons (Fsp3) is 0.115. The van der Waals surface area contributed by atoms with Crippen molar-refractivity contribution in [3.05, 3.63) is 101 Å². The summed E-state index contributed by atoms with van der Waals surface area (Å²) < 4.78 is 16.4. The third-order valence-electron chi connectivity index (χ3n) is 4.86. The lowest BCUT2D eigenvalue weighted by Gasteiger charge is -2.11. The average Bonchev–Trinajstić information content (AvgIpc) is 3.18. The van der Waals surface area contributed by atoms with Crippen molar-refractivity contribution >= 4 is 23.7 Å². The van der Waals surface area contributed by atoms with E-state index in [1.54, 1.807) is 48.5 Å². The van der Waals surface area contributed by atoms with Crippen LogP contribution in [-0.2, 0) is 9.53 Å². The number of ketones is 1. The standard InChI is InChI=1S/C26H21NO5/c1-17-8-11-20(12-9-17)25-27-21(26(29)32-25)14-18-10-13-23(24(15-18)30-2)31-16-22(28)19-6-4-3-5-7-19/h3-15H,16H2,1-2H3/b21-14-. The van der Waals surface area contributed by atoms with Gasteiger partial charge in [-0.2, -0.15) is 0 Å². The number of aliphatic imine (C=N–C) groups is 1. The van der Waals surface area contributed by atoms with Gasteiger partial charge in [-0.05, 0) is 42.8 Å². The average molecular weight is 427 g/mol. The van der Waals surface area contributed by atoms with Crippen molar-refractivity contribution in [2.75, 3.05) is 13.7 Å². The van der Waals surface area contributed by atoms with Gasteiger partial charge < -0.3 is 14.2 Å². The van der Waals surface area contributed by atoms with E-state index in [0.717, 1.165) is 11.1 Å². The number of ether oxygens (including phenoxy) is 3. The molecule has 0 saturated carbocycles. The number of nitrogens with zero attached hydrogens (tertiary/aromatic N) is 1. The molecule has 0 unspecified atom stereocenters. The number of methoxy groups -OCH3 is 1. The number of rotatable bonds is 7. The van der Waals surface area contributed by atoms with Crippen molar-refractivity contribution in [2.45, 2.75) is 6.92 Å². The number of hydrogen-bond donors (Lipinski definition) is 0. The minimum absolute atomic E-state index is 0.114. The van der Waals surface area contributed by atoms with Crippen LogP contribution in [0.3, 0.4) is 0 Å². The largest absolute Gasteiger partial charge is 0.493 e. The van der Waals surface area contributed by atoms with Gasteiger partial charge in [0, 0.05) is 11.1 Å². The van der Waals surface area contributed by atoms with Gasteiger partial charge in [-0.1, -0.05) is 54.1 Å². The van der Waals surface area contributed by atoms with Gasteiger partial charge in [0.05, 0.1) is 7.11 Å². The van der Waals surface area contributed by atoms with E-state index in [4.69, 9.17) is 14.2 Å². The topological polar surface area (TPSA) is 74.2 Å². The Kier molecular flexibility index (Phi) is 6.12. The predicted octanol–water partition coefficient (Wildman–Crippen LogP) is 4.61. The Bertz CT molecular complexity index is 1210. The van der Waals surface area contributed by atoms with Crippen molar-refractivity contribution in [1.82, 2.24) is 0 Å². The SMILES string of the molecule is COc1cc(/C=C2\N=C(c3ccc(C)cc3)OC2=O)ccc1OCC(=O)c1ccccc1. The molecule has 0 radical (unpaired) electrons. The summed E-state index contributed by atoms with van der Waals surface area (Å²) >= 11 is 0. The zero-order valence-corrected chi connectivity index (χ0v) is 17.7. The van der Waals surface area contributed by atoms with Crippen LogP contribution >= 0.6 is 0 Å². The Morgan fingerprint density at radius 2 is 1.75 bits per heavy atom. The van der Waals surface area contributed by atoms with Crippen molar-refractivity contribution in [3.8, 4) is 11.5 Å². The van der Waals surface area contributed by atoms with E-state index < -0.39 is 5.97 Å². The molecular weight excluding hydrogens is 406 g/mol. The third kappa shape index (κ3) is 4.75. The summed E-state index contributed by atoms with van der Waals surface area (Å²) in [6.45, 7) is 1.87. The van der Waals surface area contributed by atoms with E-state index in [2.05, 4.69) is 4.99 Å². The second-order valence-electron chi connectivity index (χ2n) is 7.19. The Morgan fingerprint density at radius 3 is 2.47 bits per heavy atom. The Labute approximate surface area is 185 Å². The highest BCUT2D eigenvalue weighted by molar-refractivity contribution is 6.12. The van der Waals surface area contributed by atoms with Crippen LogP contribution in [0.2, 0.25) is 0 Å². The summed E-state index contributed by atoms with van der Waals surface area (Å²) in [4.78, 5) is 28.9. The number of Topliss-reactive ketones (excluding diaryl/α,β-unsaturated/α-hetero) is 1. The zero-order chi connectivity index (χ0) is 22.5. The van der Waals surface area contributed by atoms with Gasteiger partial charge in [-0.3, -0.25) is 4.79 Å². The summed E-state index contributed by atoms with van der Waals surface area (Å²) in [6.07, 6.45) is 1.62. The van der Waals surface area contributed by atoms with Gasteiger partial charge in [-0.15, -0.1) is 0 Å². The third-order valence-corrected chi connectivity index (χ3v) is 4.86. The molecule has 0 saturated heterocycles. The van der Waals surface area contributed by atoms with Crippen LogP contribution in [0.15, 0.2) is 83.5 Å². The molecule has 1 aliphatic rings. The number of benzene rings is 3. The number of hydrogen-bond acceptors (Lipinski definition) is 6. The molecule has 1 heterocycles. The highest BCUT2D eigenvalue weighted by atomic mass is 16.6. The Balaban J connectivity index is 1.51. The van der Waals surface area contributed by atoms with Crippen LogP contribution in [-0.4, -0.2) is 31.4 Å². The first-order chi connectivity index (χ1) is 15.5. The van der Waals surface area contributed by atoms with Crippen molar-refractivity contribution < 1.29 is 23.8 Å². The fourth-order valence-electron chi connectivity index (χ4n) is 3.13. The first-order valence-corrected chi connectivity index (χ1v) is 10.0. The fourth-order valence-corrected chi connectivity index (χ4v) is 3.13. The van der Waals surface area contributed by atoms with E-state index in [9.17, 15) is 9.59 Å². The van der Waals surface area contributed by atoms with Crippen molar-refractivity contribution in [3.63, 3.8) is 0 Å². The molecule has 4 rings (SSSR count). The molecule has 0 spiro atoms.